The van der Waals surface area contributed by atoms with E-state index in [1.807, 2.05) is 26.0 Å². The number of aliphatic carboxylic acids is 1. The van der Waals surface area contributed by atoms with Crippen molar-refractivity contribution in [2.45, 2.75) is 105 Å². The molecule has 0 bridgehead atoms. The van der Waals surface area contributed by atoms with Gasteiger partial charge in [0.25, 0.3) is 0 Å². The molecule has 4 aromatic rings. The number of aliphatic hydroxyl groups excluding tert-OH is 1. The molecule has 52 heavy (non-hydrogen) atoms. The lowest BCUT2D eigenvalue weighted by molar-refractivity contribution is -0.136. The van der Waals surface area contributed by atoms with E-state index >= 15 is 0 Å². The Morgan fingerprint density at radius 3 is 2.38 bits per heavy atom. The van der Waals surface area contributed by atoms with E-state index < -0.39 is 11.6 Å². The van der Waals surface area contributed by atoms with E-state index in [0.717, 1.165) is 89.1 Å². The van der Waals surface area contributed by atoms with Crippen LogP contribution in [0.15, 0.2) is 48.7 Å². The van der Waals surface area contributed by atoms with E-state index in [0.29, 0.717) is 12.2 Å². The molecule has 1 fully saturated rings. The average molecular weight is 736 g/mol. The Kier molecular flexibility index (Phi) is 13.9. The van der Waals surface area contributed by atoms with Crippen molar-refractivity contribution >= 4 is 25.2 Å². The second-order valence-electron chi connectivity index (χ2n) is 16.1. The number of aliphatic hydroxyl groups is 2. The van der Waals surface area contributed by atoms with E-state index in [4.69, 9.17) is 14.8 Å². The molecule has 284 valence electrons. The number of halogens is 1. The molecule has 2 unspecified atom stereocenters. The van der Waals surface area contributed by atoms with Crippen molar-refractivity contribution in [2.75, 3.05) is 43.6 Å². The number of rotatable bonds is 11. The van der Waals surface area contributed by atoms with E-state index in [1.165, 1.54) is 18.3 Å². The van der Waals surface area contributed by atoms with Crippen molar-refractivity contribution < 1.29 is 29.2 Å². The lowest BCUT2D eigenvalue weighted by Crippen LogP contribution is -2.28. The van der Waals surface area contributed by atoms with Crippen LogP contribution in [-0.2, 0) is 16.6 Å². The van der Waals surface area contributed by atoms with Crippen LogP contribution in [0.4, 0.5) is 10.1 Å². The van der Waals surface area contributed by atoms with E-state index in [-0.39, 0.29) is 38.3 Å². The lowest BCUT2D eigenvalue weighted by atomic mass is 9.88. The number of ether oxygens (including phenoxy) is 1. The number of anilines is 1. The molecule has 2 aromatic carbocycles. The summed E-state index contributed by atoms with van der Waals surface area (Å²) in [6.07, 6.45) is 7.58. The fourth-order valence-electron chi connectivity index (χ4n) is 6.70. The van der Waals surface area contributed by atoms with Crippen LogP contribution in [-0.4, -0.2) is 81.1 Å². The van der Waals surface area contributed by atoms with Gasteiger partial charge < -0.3 is 29.4 Å². The molecule has 3 N–H and O–H groups in total. The Hall–Kier alpha value is -3.52. The summed E-state index contributed by atoms with van der Waals surface area (Å²) in [6, 6.07) is 12.8. The molecule has 8 nitrogen and oxygen atoms in total. The normalized spacial score (nSPS) is 15.9. The second-order valence-corrected chi connectivity index (χ2v) is 18.8. The quantitative estimate of drug-likeness (QED) is 0.104. The number of benzene rings is 2. The van der Waals surface area contributed by atoms with Crippen LogP contribution in [0.5, 0.6) is 5.75 Å². The van der Waals surface area contributed by atoms with Crippen LogP contribution in [0.1, 0.15) is 91.0 Å². The van der Waals surface area contributed by atoms with Crippen LogP contribution in [0, 0.1) is 12.7 Å². The summed E-state index contributed by atoms with van der Waals surface area (Å²) in [5.74, 6) is -0.721. The number of aryl methyl sites for hydroxylation is 1. The Labute approximate surface area is 310 Å². The number of carboxylic acid groups (broad SMARTS) is 1. The van der Waals surface area contributed by atoms with E-state index in [1.54, 1.807) is 26.8 Å². The topological polar surface area (TPSA) is 108 Å². The maximum Gasteiger partial charge on any atom is 0.307 e. The van der Waals surface area contributed by atoms with Gasteiger partial charge in [0, 0.05) is 48.5 Å². The maximum absolute atomic E-state index is 14.5. The fourth-order valence-corrected chi connectivity index (χ4v) is 8.19. The maximum atomic E-state index is 14.5. The minimum absolute atomic E-state index is 0.0379. The number of hydrogen-bond donors (Lipinski definition) is 3. The summed E-state index contributed by atoms with van der Waals surface area (Å²) in [7, 11) is -0.0379. The predicted octanol–water partition coefficient (Wildman–Crippen LogP) is 9.07. The van der Waals surface area contributed by atoms with Gasteiger partial charge in [-0.15, -0.1) is 7.92 Å². The van der Waals surface area contributed by atoms with Gasteiger partial charge in [0.2, 0.25) is 0 Å². The predicted molar refractivity (Wildman–Crippen MR) is 213 cm³/mol. The summed E-state index contributed by atoms with van der Waals surface area (Å²) < 4.78 is 22.9. The number of carboxylic acids is 1. The third-order valence-corrected chi connectivity index (χ3v) is 11.1. The molecule has 1 aliphatic heterocycles. The summed E-state index contributed by atoms with van der Waals surface area (Å²) >= 11 is 0. The SMILES string of the molecule is CC(C)(C)O.Cc1cn2c(C(C)(C)C)c(-c3cccc(-c4ccc(F)cc4OC(C)CCCCO)c3)nc2c(N2CCCP(C)CC2)c1CC(=O)O. The van der Waals surface area contributed by atoms with E-state index in [9.17, 15) is 19.4 Å². The first-order valence-electron chi connectivity index (χ1n) is 18.5. The molecular formula is C42H59FN3O5P. The van der Waals surface area contributed by atoms with Crippen LogP contribution >= 0.6 is 7.92 Å². The first kappa shape index (κ1) is 41.2. The number of hydrogen-bond acceptors (Lipinski definition) is 6. The monoisotopic (exact) mass is 735 g/mol. The molecule has 0 aliphatic carbocycles. The molecule has 2 aromatic heterocycles. The number of fused-ring (bicyclic) bond motifs is 1. The van der Waals surface area contributed by atoms with Crippen molar-refractivity contribution in [2.24, 2.45) is 0 Å². The zero-order valence-electron chi connectivity index (χ0n) is 32.6. The smallest absolute Gasteiger partial charge is 0.307 e. The number of aromatic nitrogens is 2. The molecule has 0 radical (unpaired) electrons. The third kappa shape index (κ3) is 11.0. The minimum atomic E-state index is -0.846. The average Bonchev–Trinajstić information content (AvgIpc) is 3.29. The second kappa shape index (κ2) is 17.5. The van der Waals surface area contributed by atoms with E-state index in [2.05, 4.69) is 55.1 Å². The van der Waals surface area contributed by atoms with Gasteiger partial charge in [-0.05, 0) is 114 Å². The Balaban J connectivity index is 0.00000113. The van der Waals surface area contributed by atoms with Crippen LogP contribution < -0.4 is 9.64 Å². The van der Waals surface area contributed by atoms with Crippen molar-refractivity contribution in [3.63, 3.8) is 0 Å². The zero-order chi connectivity index (χ0) is 38.4. The van der Waals surface area contributed by atoms with Gasteiger partial charge in [-0.1, -0.05) is 39.0 Å². The highest BCUT2D eigenvalue weighted by Gasteiger charge is 2.30. The molecular weight excluding hydrogens is 676 g/mol. The highest BCUT2D eigenvalue weighted by molar-refractivity contribution is 7.56. The number of unbranched alkanes of at least 4 members (excludes halogenated alkanes) is 1. The van der Waals surface area contributed by atoms with Gasteiger partial charge in [0.1, 0.15) is 11.6 Å². The molecule has 0 saturated carbocycles. The van der Waals surface area contributed by atoms with Gasteiger partial charge in [-0.2, -0.15) is 0 Å². The molecule has 3 heterocycles. The number of nitrogens with zero attached hydrogens (tertiary/aromatic N) is 3. The van der Waals surface area contributed by atoms with Gasteiger partial charge in [0.05, 0.1) is 35.2 Å². The number of pyridine rings is 1. The van der Waals surface area contributed by atoms with Crippen molar-refractivity contribution in [1.82, 2.24) is 9.38 Å². The third-order valence-electron chi connectivity index (χ3n) is 9.02. The van der Waals surface area contributed by atoms with Crippen LogP contribution in [0.3, 0.4) is 0 Å². The molecule has 0 amide bonds. The van der Waals surface area contributed by atoms with Gasteiger partial charge in [-0.25, -0.2) is 9.37 Å². The van der Waals surface area contributed by atoms with Crippen molar-refractivity contribution in [3.8, 4) is 28.1 Å². The fraction of sp³-hybridized carbons (Fsp3) is 0.524. The number of imidazole rings is 1. The first-order chi connectivity index (χ1) is 24.4. The van der Waals surface area contributed by atoms with Crippen LogP contribution in [0.2, 0.25) is 0 Å². The summed E-state index contributed by atoms with van der Waals surface area (Å²) in [5.41, 5.74) is 7.25. The summed E-state index contributed by atoms with van der Waals surface area (Å²) in [6.45, 7) is 20.0. The van der Waals surface area contributed by atoms with Crippen molar-refractivity contribution in [3.05, 3.63) is 71.3 Å². The highest BCUT2D eigenvalue weighted by atomic mass is 31.1. The molecule has 1 saturated heterocycles. The van der Waals surface area contributed by atoms with Gasteiger partial charge in [-0.3, -0.25) is 4.79 Å². The molecule has 1 aliphatic rings. The molecule has 2 atom stereocenters. The lowest BCUT2D eigenvalue weighted by Gasteiger charge is -2.28. The highest BCUT2D eigenvalue weighted by Crippen LogP contribution is 2.42. The Morgan fingerprint density at radius 2 is 1.73 bits per heavy atom. The molecule has 0 spiro atoms. The molecule has 10 heteroatoms. The standard InChI is InChI=1S/C38H49FN3O4P.C4H10O/c1-25-24-42-36(38(3,4)5)34(40-37(42)35(31(25)23-33(44)45)41-16-10-19-47(6)20-17-41)28-13-9-12-27(21-28)30-15-14-29(39)22-32(30)46-26(2)11-7-8-18-43;1-4(2,3)5/h9,12-15,21-22,24,26,43H,7-8,10-11,16-20,23H2,1-6H3,(H,44,45);5H,1-3H3. The summed E-state index contributed by atoms with van der Waals surface area (Å²) in [5, 5.41) is 27.6. The largest absolute Gasteiger partial charge is 0.490 e. The zero-order valence-corrected chi connectivity index (χ0v) is 33.5. The van der Waals surface area contributed by atoms with Crippen molar-refractivity contribution in [1.29, 1.82) is 0 Å². The van der Waals surface area contributed by atoms with Gasteiger partial charge >= 0.3 is 5.97 Å². The van der Waals surface area contributed by atoms with Crippen LogP contribution in [0.25, 0.3) is 28.0 Å². The summed E-state index contributed by atoms with van der Waals surface area (Å²) in [4.78, 5) is 19.9. The van der Waals surface area contributed by atoms with Gasteiger partial charge in [0.15, 0.2) is 5.65 Å². The minimum Gasteiger partial charge on any atom is -0.490 e. The first-order valence-corrected chi connectivity index (χ1v) is 20.6. The molecule has 5 rings (SSSR count). The number of carbonyl (C=O) groups is 1. The Morgan fingerprint density at radius 1 is 1.04 bits per heavy atom. The Bertz CT molecular complexity index is 1820.